The third-order valence-electron chi connectivity index (χ3n) is 4.03. The van der Waals surface area contributed by atoms with E-state index in [1.165, 1.54) is 26.2 Å². The quantitative estimate of drug-likeness (QED) is 0.785. The van der Waals surface area contributed by atoms with E-state index >= 15 is 0 Å². The Hall–Kier alpha value is -3.22. The van der Waals surface area contributed by atoms with Gasteiger partial charge in [0.1, 0.15) is 13.2 Å². The van der Waals surface area contributed by atoms with Crippen molar-refractivity contribution in [3.05, 3.63) is 53.6 Å². The topological polar surface area (TPSA) is 83.1 Å². The van der Waals surface area contributed by atoms with Gasteiger partial charge in [-0.25, -0.2) is 4.79 Å². The van der Waals surface area contributed by atoms with Gasteiger partial charge in [-0.3, -0.25) is 4.79 Å². The van der Waals surface area contributed by atoms with E-state index in [1.54, 1.807) is 0 Å². The maximum Gasteiger partial charge on any atom is 0.339 e. The van der Waals surface area contributed by atoms with Crippen LogP contribution in [0, 0.1) is 0 Å². The van der Waals surface area contributed by atoms with Gasteiger partial charge in [0.2, 0.25) is 5.75 Å². The molecule has 1 N–H and O–H groups in total. The summed E-state index contributed by atoms with van der Waals surface area (Å²) in [7, 11) is 1.47. The van der Waals surface area contributed by atoms with Gasteiger partial charge in [0.05, 0.1) is 12.7 Å². The van der Waals surface area contributed by atoms with Crippen molar-refractivity contribution in [3.63, 3.8) is 0 Å². The molecule has 3 rings (SSSR count). The fraction of sp³-hybridized carbons (Fsp3) is 0.300. The molecule has 142 valence electrons. The normalized spacial score (nSPS) is 13.4. The summed E-state index contributed by atoms with van der Waals surface area (Å²) in [5, 5.41) is 2.74. The number of benzene rings is 2. The van der Waals surface area contributed by atoms with E-state index in [4.69, 9.17) is 18.9 Å². The first-order valence-corrected chi connectivity index (χ1v) is 8.58. The monoisotopic (exact) mass is 371 g/mol. The minimum atomic E-state index is -0.944. The van der Waals surface area contributed by atoms with Crippen LogP contribution < -0.4 is 19.5 Å². The lowest BCUT2D eigenvalue weighted by Crippen LogP contribution is -2.35. The number of esters is 1. The van der Waals surface area contributed by atoms with Gasteiger partial charge in [0.25, 0.3) is 5.91 Å². The Morgan fingerprint density at radius 1 is 1.15 bits per heavy atom. The lowest BCUT2D eigenvalue weighted by atomic mass is 10.1. The van der Waals surface area contributed by atoms with Crippen LogP contribution in [0.25, 0.3) is 0 Å². The van der Waals surface area contributed by atoms with Crippen LogP contribution in [0.15, 0.2) is 42.5 Å². The van der Waals surface area contributed by atoms with Crippen LogP contribution in [0.4, 0.5) is 0 Å². The van der Waals surface area contributed by atoms with E-state index in [0.29, 0.717) is 37.0 Å². The number of hydrogen-bond acceptors (Lipinski definition) is 6. The SMILES string of the molecule is COc1cc(C(=O)O[C@@H](C)C(=O)NCc2ccccc2)cc2c1OCCO2. The van der Waals surface area contributed by atoms with Crippen molar-refractivity contribution in [1.82, 2.24) is 5.32 Å². The maximum absolute atomic E-state index is 12.4. The van der Waals surface area contributed by atoms with Crippen LogP contribution in [0.2, 0.25) is 0 Å². The average molecular weight is 371 g/mol. The van der Waals surface area contributed by atoms with Gasteiger partial charge in [0.15, 0.2) is 17.6 Å². The van der Waals surface area contributed by atoms with E-state index in [-0.39, 0.29) is 11.5 Å². The number of carbonyl (C=O) groups excluding carboxylic acids is 2. The molecule has 2 aromatic rings. The number of ether oxygens (including phenoxy) is 4. The van der Waals surface area contributed by atoms with Gasteiger partial charge in [-0.05, 0) is 24.6 Å². The number of methoxy groups -OCH3 is 1. The highest BCUT2D eigenvalue weighted by Crippen LogP contribution is 2.40. The number of carbonyl (C=O) groups is 2. The molecule has 0 unspecified atom stereocenters. The Morgan fingerprint density at radius 3 is 2.63 bits per heavy atom. The zero-order chi connectivity index (χ0) is 19.2. The molecule has 1 amide bonds. The summed E-state index contributed by atoms with van der Waals surface area (Å²) in [5.74, 6) is 0.215. The van der Waals surface area contributed by atoms with E-state index in [0.717, 1.165) is 5.56 Å². The van der Waals surface area contributed by atoms with Gasteiger partial charge in [-0.1, -0.05) is 30.3 Å². The summed E-state index contributed by atoms with van der Waals surface area (Å²) < 4.78 is 21.5. The van der Waals surface area contributed by atoms with Crippen molar-refractivity contribution in [1.29, 1.82) is 0 Å². The Kier molecular flexibility index (Phi) is 5.80. The molecule has 0 spiro atoms. The first-order valence-electron chi connectivity index (χ1n) is 8.58. The number of nitrogens with one attached hydrogen (secondary N) is 1. The molecule has 0 saturated carbocycles. The molecule has 27 heavy (non-hydrogen) atoms. The van der Waals surface area contributed by atoms with Crippen LogP contribution in [-0.4, -0.2) is 38.3 Å². The molecule has 2 aromatic carbocycles. The Morgan fingerprint density at radius 2 is 1.89 bits per heavy atom. The summed E-state index contributed by atoms with van der Waals surface area (Å²) >= 11 is 0. The minimum absolute atomic E-state index is 0.221. The number of rotatable bonds is 6. The molecule has 7 heteroatoms. The Labute approximate surface area is 157 Å². The van der Waals surface area contributed by atoms with Gasteiger partial charge >= 0.3 is 5.97 Å². The molecule has 1 aliphatic heterocycles. The van der Waals surface area contributed by atoms with E-state index in [9.17, 15) is 9.59 Å². The van der Waals surface area contributed by atoms with Crippen LogP contribution in [0.1, 0.15) is 22.8 Å². The minimum Gasteiger partial charge on any atom is -0.493 e. The highest BCUT2D eigenvalue weighted by atomic mass is 16.6. The second-order valence-electron chi connectivity index (χ2n) is 5.95. The Bertz CT molecular complexity index is 803. The molecular formula is C20H21NO6. The molecule has 1 aliphatic rings. The van der Waals surface area contributed by atoms with Crippen molar-refractivity contribution in [3.8, 4) is 17.2 Å². The second-order valence-corrected chi connectivity index (χ2v) is 5.95. The van der Waals surface area contributed by atoms with Crippen LogP contribution >= 0.6 is 0 Å². The molecular weight excluding hydrogens is 350 g/mol. The smallest absolute Gasteiger partial charge is 0.339 e. The van der Waals surface area contributed by atoms with Crippen molar-refractivity contribution >= 4 is 11.9 Å². The predicted molar refractivity (Wildman–Crippen MR) is 97.2 cm³/mol. The lowest BCUT2D eigenvalue weighted by molar-refractivity contribution is -0.129. The highest BCUT2D eigenvalue weighted by Gasteiger charge is 2.24. The number of fused-ring (bicyclic) bond motifs is 1. The molecule has 0 radical (unpaired) electrons. The summed E-state index contributed by atoms with van der Waals surface area (Å²) in [6.07, 6.45) is -0.944. The first-order chi connectivity index (χ1) is 13.1. The third-order valence-corrected chi connectivity index (χ3v) is 4.03. The fourth-order valence-corrected chi connectivity index (χ4v) is 2.60. The van der Waals surface area contributed by atoms with Crippen LogP contribution in [0.5, 0.6) is 17.2 Å². The number of hydrogen-bond donors (Lipinski definition) is 1. The molecule has 1 heterocycles. The summed E-state index contributed by atoms with van der Waals surface area (Å²) in [6, 6.07) is 12.5. The summed E-state index contributed by atoms with van der Waals surface area (Å²) in [6.45, 7) is 2.67. The molecule has 0 saturated heterocycles. The fourth-order valence-electron chi connectivity index (χ4n) is 2.60. The van der Waals surface area contributed by atoms with Gasteiger partial charge < -0.3 is 24.3 Å². The molecule has 0 bridgehead atoms. The van der Waals surface area contributed by atoms with Gasteiger partial charge in [0, 0.05) is 6.54 Å². The molecule has 0 aliphatic carbocycles. The standard InChI is InChI=1S/C20H21NO6/c1-13(19(22)21-12-14-6-4-3-5-7-14)27-20(23)15-10-16(24-2)18-17(11-15)25-8-9-26-18/h3-7,10-11,13H,8-9,12H2,1-2H3,(H,21,22)/t13-/m0/s1. The van der Waals surface area contributed by atoms with Gasteiger partial charge in [-0.2, -0.15) is 0 Å². The van der Waals surface area contributed by atoms with E-state index in [2.05, 4.69) is 5.32 Å². The molecule has 0 fully saturated rings. The van der Waals surface area contributed by atoms with Crippen molar-refractivity contribution < 1.29 is 28.5 Å². The van der Waals surface area contributed by atoms with Gasteiger partial charge in [-0.15, -0.1) is 0 Å². The largest absolute Gasteiger partial charge is 0.493 e. The van der Waals surface area contributed by atoms with Crippen molar-refractivity contribution in [2.75, 3.05) is 20.3 Å². The zero-order valence-electron chi connectivity index (χ0n) is 15.2. The van der Waals surface area contributed by atoms with Crippen LogP contribution in [-0.2, 0) is 16.1 Å². The Balaban J connectivity index is 1.63. The highest BCUT2D eigenvalue weighted by molar-refractivity contribution is 5.93. The molecule has 0 aromatic heterocycles. The summed E-state index contributed by atoms with van der Waals surface area (Å²) in [4.78, 5) is 24.6. The van der Waals surface area contributed by atoms with Crippen LogP contribution in [0.3, 0.4) is 0 Å². The van der Waals surface area contributed by atoms with Crippen molar-refractivity contribution in [2.24, 2.45) is 0 Å². The third kappa shape index (κ3) is 4.49. The average Bonchev–Trinajstić information content (AvgIpc) is 2.71. The molecule has 7 nitrogen and oxygen atoms in total. The van der Waals surface area contributed by atoms with Crippen molar-refractivity contribution in [2.45, 2.75) is 19.6 Å². The maximum atomic E-state index is 12.4. The second kappa shape index (κ2) is 8.44. The number of amides is 1. The van der Waals surface area contributed by atoms with E-state index in [1.807, 2.05) is 30.3 Å². The zero-order valence-corrected chi connectivity index (χ0v) is 15.2. The summed E-state index contributed by atoms with van der Waals surface area (Å²) in [5.41, 5.74) is 1.18. The lowest BCUT2D eigenvalue weighted by Gasteiger charge is -2.21. The van der Waals surface area contributed by atoms with E-state index < -0.39 is 12.1 Å². The predicted octanol–water partition coefficient (Wildman–Crippen LogP) is 2.33. The first kappa shape index (κ1) is 18.6. The molecule has 1 atom stereocenters.